The zero-order chi connectivity index (χ0) is 13.8. The van der Waals surface area contributed by atoms with Crippen molar-refractivity contribution in [2.24, 2.45) is 0 Å². The van der Waals surface area contributed by atoms with Gasteiger partial charge in [-0.15, -0.1) is 0 Å². The standard InChI is InChI=1S/C10H12BrF2NO3S/c1-2-17-4-3-14-18(15,16)10-8(11)5-7(12)6-9(10)13/h5-6,14H,2-4H2,1H3. The van der Waals surface area contributed by atoms with Crippen molar-refractivity contribution in [3.8, 4) is 0 Å². The van der Waals surface area contributed by atoms with E-state index >= 15 is 0 Å². The van der Waals surface area contributed by atoms with Gasteiger partial charge in [-0.05, 0) is 28.9 Å². The molecular formula is C10H12BrF2NO3S. The van der Waals surface area contributed by atoms with Crippen molar-refractivity contribution < 1.29 is 21.9 Å². The lowest BCUT2D eigenvalue weighted by Gasteiger charge is -2.09. The smallest absolute Gasteiger partial charge is 0.244 e. The minimum Gasteiger partial charge on any atom is -0.380 e. The van der Waals surface area contributed by atoms with E-state index in [1.165, 1.54) is 0 Å². The summed E-state index contributed by atoms with van der Waals surface area (Å²) in [6, 6.07) is 1.40. The lowest BCUT2D eigenvalue weighted by Crippen LogP contribution is -2.28. The fraction of sp³-hybridized carbons (Fsp3) is 0.400. The van der Waals surface area contributed by atoms with Gasteiger partial charge in [-0.2, -0.15) is 0 Å². The topological polar surface area (TPSA) is 55.4 Å². The number of rotatable bonds is 6. The molecule has 18 heavy (non-hydrogen) atoms. The second-order valence-corrected chi connectivity index (χ2v) is 5.85. The van der Waals surface area contributed by atoms with Crippen LogP contribution < -0.4 is 4.72 Å². The van der Waals surface area contributed by atoms with Gasteiger partial charge in [-0.25, -0.2) is 21.9 Å². The van der Waals surface area contributed by atoms with Crippen molar-refractivity contribution in [3.63, 3.8) is 0 Å². The third kappa shape index (κ3) is 3.98. The van der Waals surface area contributed by atoms with Gasteiger partial charge in [0.25, 0.3) is 0 Å². The lowest BCUT2D eigenvalue weighted by atomic mass is 10.3. The van der Waals surface area contributed by atoms with Crippen LogP contribution in [0.2, 0.25) is 0 Å². The summed E-state index contributed by atoms with van der Waals surface area (Å²) in [5, 5.41) is 0. The van der Waals surface area contributed by atoms with Crippen LogP contribution in [0.15, 0.2) is 21.5 Å². The Morgan fingerprint density at radius 2 is 2.06 bits per heavy atom. The first-order chi connectivity index (χ1) is 8.38. The molecule has 4 nitrogen and oxygen atoms in total. The number of hydrogen-bond donors (Lipinski definition) is 1. The van der Waals surface area contributed by atoms with Crippen molar-refractivity contribution in [2.45, 2.75) is 11.8 Å². The van der Waals surface area contributed by atoms with Crippen molar-refractivity contribution in [2.75, 3.05) is 19.8 Å². The normalized spacial score (nSPS) is 11.8. The van der Waals surface area contributed by atoms with Crippen LogP contribution in [0, 0.1) is 11.6 Å². The Bertz CT molecular complexity index is 499. The van der Waals surface area contributed by atoms with Crippen LogP contribution >= 0.6 is 15.9 Å². The van der Waals surface area contributed by atoms with Gasteiger partial charge in [0.05, 0.1) is 6.61 Å². The molecule has 0 aliphatic carbocycles. The van der Waals surface area contributed by atoms with E-state index < -0.39 is 26.6 Å². The molecule has 0 heterocycles. The number of halogens is 3. The van der Waals surface area contributed by atoms with Crippen LogP contribution in [-0.4, -0.2) is 28.2 Å². The van der Waals surface area contributed by atoms with Crippen LogP contribution in [0.25, 0.3) is 0 Å². The predicted molar refractivity (Wildman–Crippen MR) is 65.7 cm³/mol. The fourth-order valence-electron chi connectivity index (χ4n) is 1.25. The molecule has 0 saturated heterocycles. The average molecular weight is 344 g/mol. The largest absolute Gasteiger partial charge is 0.380 e. The molecule has 0 aliphatic heterocycles. The first-order valence-corrected chi connectivity index (χ1v) is 7.38. The second kappa shape index (κ2) is 6.55. The summed E-state index contributed by atoms with van der Waals surface area (Å²) in [6.07, 6.45) is 0. The summed E-state index contributed by atoms with van der Waals surface area (Å²) in [6.45, 7) is 2.41. The summed E-state index contributed by atoms with van der Waals surface area (Å²) in [7, 11) is -4.04. The SMILES string of the molecule is CCOCCNS(=O)(=O)c1c(F)cc(F)cc1Br. The van der Waals surface area contributed by atoms with Gasteiger partial charge in [0.1, 0.15) is 16.5 Å². The molecule has 0 fully saturated rings. The van der Waals surface area contributed by atoms with E-state index in [2.05, 4.69) is 20.7 Å². The average Bonchev–Trinajstić information content (AvgIpc) is 2.22. The predicted octanol–water partition coefficient (Wildman–Crippen LogP) is 2.04. The Labute approximate surface area is 113 Å². The van der Waals surface area contributed by atoms with Gasteiger partial charge in [0.2, 0.25) is 10.0 Å². The minimum absolute atomic E-state index is 0.0133. The van der Waals surface area contributed by atoms with Gasteiger partial charge < -0.3 is 4.74 Å². The highest BCUT2D eigenvalue weighted by atomic mass is 79.9. The molecule has 0 aliphatic rings. The van der Waals surface area contributed by atoms with Crippen molar-refractivity contribution in [1.29, 1.82) is 0 Å². The van der Waals surface area contributed by atoms with Crippen molar-refractivity contribution >= 4 is 26.0 Å². The molecule has 0 amide bonds. The first kappa shape index (κ1) is 15.5. The molecule has 0 aromatic heterocycles. The van der Waals surface area contributed by atoms with Crippen molar-refractivity contribution in [3.05, 3.63) is 28.2 Å². The minimum atomic E-state index is -4.04. The maximum Gasteiger partial charge on any atom is 0.244 e. The Balaban J connectivity index is 2.92. The first-order valence-electron chi connectivity index (χ1n) is 5.10. The zero-order valence-corrected chi connectivity index (χ0v) is 11.9. The molecule has 1 rings (SSSR count). The highest BCUT2D eigenvalue weighted by molar-refractivity contribution is 9.10. The highest BCUT2D eigenvalue weighted by Crippen LogP contribution is 2.25. The van der Waals surface area contributed by atoms with E-state index in [1.807, 2.05) is 0 Å². The molecule has 1 N–H and O–H groups in total. The number of ether oxygens (including phenoxy) is 1. The summed E-state index contributed by atoms with van der Waals surface area (Å²) in [4.78, 5) is -0.611. The quantitative estimate of drug-likeness (QED) is 0.804. The number of nitrogens with one attached hydrogen (secondary N) is 1. The molecule has 0 atom stereocenters. The van der Waals surface area contributed by atoms with Gasteiger partial charge in [0.15, 0.2) is 0 Å². The molecule has 0 radical (unpaired) electrons. The number of hydrogen-bond acceptors (Lipinski definition) is 3. The number of sulfonamides is 1. The van der Waals surface area contributed by atoms with Gasteiger partial charge in [-0.3, -0.25) is 0 Å². The molecule has 1 aromatic carbocycles. The van der Waals surface area contributed by atoms with Crippen LogP contribution in [0.1, 0.15) is 6.92 Å². The molecule has 0 saturated carbocycles. The molecule has 1 aromatic rings. The van der Waals surface area contributed by atoms with Gasteiger partial charge in [-0.1, -0.05) is 0 Å². The molecule has 0 spiro atoms. The second-order valence-electron chi connectivity index (χ2n) is 3.29. The summed E-state index contributed by atoms with van der Waals surface area (Å²) in [5.74, 6) is -2.00. The van der Waals surface area contributed by atoms with E-state index in [1.54, 1.807) is 6.92 Å². The Morgan fingerprint density at radius 3 is 2.61 bits per heavy atom. The van der Waals surface area contributed by atoms with Gasteiger partial charge >= 0.3 is 0 Å². The molecule has 8 heteroatoms. The van der Waals surface area contributed by atoms with Crippen LogP contribution in [0.3, 0.4) is 0 Å². The molecular weight excluding hydrogens is 332 g/mol. The highest BCUT2D eigenvalue weighted by Gasteiger charge is 2.23. The van der Waals surface area contributed by atoms with Crippen molar-refractivity contribution in [1.82, 2.24) is 4.72 Å². The van der Waals surface area contributed by atoms with E-state index in [4.69, 9.17) is 4.74 Å². The van der Waals surface area contributed by atoms with Crippen LogP contribution in [0.5, 0.6) is 0 Å². The van der Waals surface area contributed by atoms with E-state index in [9.17, 15) is 17.2 Å². The van der Waals surface area contributed by atoms with Crippen LogP contribution in [-0.2, 0) is 14.8 Å². The zero-order valence-electron chi connectivity index (χ0n) is 9.54. The summed E-state index contributed by atoms with van der Waals surface area (Å²) in [5.41, 5.74) is 0. The molecule has 102 valence electrons. The van der Waals surface area contributed by atoms with Crippen LogP contribution in [0.4, 0.5) is 8.78 Å². The maximum absolute atomic E-state index is 13.5. The fourth-order valence-corrected chi connectivity index (χ4v) is 3.43. The Morgan fingerprint density at radius 1 is 1.39 bits per heavy atom. The Hall–Kier alpha value is -0.570. The van der Waals surface area contributed by atoms with E-state index in [0.29, 0.717) is 12.7 Å². The third-order valence-electron chi connectivity index (χ3n) is 1.97. The summed E-state index contributed by atoms with van der Waals surface area (Å²) < 4.78 is 56.8. The molecule has 0 bridgehead atoms. The monoisotopic (exact) mass is 343 g/mol. The van der Waals surface area contributed by atoms with Gasteiger partial charge in [0, 0.05) is 23.7 Å². The van der Waals surface area contributed by atoms with E-state index in [-0.39, 0.29) is 17.6 Å². The molecule has 0 unspecified atom stereocenters. The maximum atomic E-state index is 13.5. The third-order valence-corrected chi connectivity index (χ3v) is 4.40. The Kier molecular flexibility index (Phi) is 5.64. The summed E-state index contributed by atoms with van der Waals surface area (Å²) >= 11 is 2.83. The lowest BCUT2D eigenvalue weighted by molar-refractivity contribution is 0.153. The number of benzene rings is 1. The van der Waals surface area contributed by atoms with E-state index in [0.717, 1.165) is 6.07 Å².